The number of rotatable bonds is 4. The number of hydrogen-bond acceptors (Lipinski definition) is 4. The van der Waals surface area contributed by atoms with Gasteiger partial charge >= 0.3 is 0 Å². The normalized spacial score (nSPS) is 12.9. The van der Waals surface area contributed by atoms with Crippen molar-refractivity contribution in [2.75, 3.05) is 7.05 Å². The third-order valence-electron chi connectivity index (χ3n) is 2.37. The zero-order chi connectivity index (χ0) is 11.5. The average Bonchev–Trinajstić information content (AvgIpc) is 2.84. The van der Waals surface area contributed by atoms with Crippen molar-refractivity contribution < 1.29 is 0 Å². The summed E-state index contributed by atoms with van der Waals surface area (Å²) in [5.74, 6) is 0. The van der Waals surface area contributed by atoms with E-state index in [0.717, 1.165) is 16.6 Å². The van der Waals surface area contributed by atoms with E-state index >= 15 is 0 Å². The van der Waals surface area contributed by atoms with E-state index in [-0.39, 0.29) is 6.04 Å². The predicted molar refractivity (Wildman–Crippen MR) is 68.5 cm³/mol. The van der Waals surface area contributed by atoms with Crippen molar-refractivity contribution in [2.45, 2.75) is 12.5 Å². The van der Waals surface area contributed by atoms with Crippen molar-refractivity contribution in [3.05, 3.63) is 32.7 Å². The predicted octanol–water partition coefficient (Wildman–Crippen LogP) is 2.14. The fourth-order valence-electron chi connectivity index (χ4n) is 1.58. The lowest BCUT2D eigenvalue weighted by Crippen LogP contribution is -2.18. The van der Waals surface area contributed by atoms with Gasteiger partial charge in [0, 0.05) is 35.1 Å². The first-order valence-corrected chi connectivity index (χ1v) is 6.63. The molecule has 2 aromatic rings. The van der Waals surface area contributed by atoms with E-state index in [0.29, 0.717) is 0 Å². The van der Waals surface area contributed by atoms with Crippen LogP contribution in [0.25, 0.3) is 0 Å². The third kappa shape index (κ3) is 2.50. The Morgan fingerprint density at radius 2 is 2.44 bits per heavy atom. The van der Waals surface area contributed by atoms with Crippen LogP contribution in [-0.2, 0) is 13.5 Å². The maximum Gasteiger partial charge on any atom is 0.0846 e. The number of nitrogens with zero attached hydrogens (tertiary/aromatic N) is 3. The second-order valence-electron chi connectivity index (χ2n) is 3.56. The SMILES string of the molecule is CNC(Cc1cn(C)nn1)c1sccc1Br. The second-order valence-corrected chi connectivity index (χ2v) is 5.36. The van der Waals surface area contributed by atoms with Gasteiger partial charge < -0.3 is 5.32 Å². The Balaban J connectivity index is 2.15. The number of nitrogens with one attached hydrogen (secondary N) is 1. The fraction of sp³-hybridized carbons (Fsp3) is 0.400. The molecule has 1 unspecified atom stereocenters. The number of halogens is 1. The molecule has 0 amide bonds. The van der Waals surface area contributed by atoms with Gasteiger partial charge in [0.05, 0.1) is 5.69 Å². The summed E-state index contributed by atoms with van der Waals surface area (Å²) in [5, 5.41) is 13.4. The van der Waals surface area contributed by atoms with Gasteiger partial charge in [0.15, 0.2) is 0 Å². The smallest absolute Gasteiger partial charge is 0.0846 e. The van der Waals surface area contributed by atoms with Crippen LogP contribution in [0.5, 0.6) is 0 Å². The van der Waals surface area contributed by atoms with Crippen molar-refractivity contribution in [3.63, 3.8) is 0 Å². The Bertz CT molecular complexity index is 465. The zero-order valence-electron chi connectivity index (χ0n) is 9.14. The molecule has 0 aliphatic rings. The van der Waals surface area contributed by atoms with E-state index in [1.54, 1.807) is 16.0 Å². The summed E-state index contributed by atoms with van der Waals surface area (Å²) in [5.41, 5.74) is 1.00. The molecule has 0 bridgehead atoms. The molecule has 6 heteroatoms. The highest BCUT2D eigenvalue weighted by Gasteiger charge is 2.16. The Morgan fingerprint density at radius 1 is 1.62 bits per heavy atom. The maximum absolute atomic E-state index is 4.11. The van der Waals surface area contributed by atoms with Crippen LogP contribution >= 0.6 is 27.3 Å². The van der Waals surface area contributed by atoms with E-state index in [2.05, 4.69) is 43.0 Å². The van der Waals surface area contributed by atoms with Crippen molar-refractivity contribution >= 4 is 27.3 Å². The third-order valence-corrected chi connectivity index (χ3v) is 4.36. The van der Waals surface area contributed by atoms with E-state index in [1.165, 1.54) is 4.88 Å². The molecule has 0 radical (unpaired) electrons. The fourth-order valence-corrected chi connectivity index (χ4v) is 3.34. The van der Waals surface area contributed by atoms with Crippen LogP contribution in [0.2, 0.25) is 0 Å². The minimum atomic E-state index is 0.283. The molecule has 0 spiro atoms. The molecule has 0 aliphatic carbocycles. The van der Waals surface area contributed by atoms with E-state index in [4.69, 9.17) is 0 Å². The van der Waals surface area contributed by atoms with Crippen LogP contribution in [0.1, 0.15) is 16.6 Å². The Labute approximate surface area is 107 Å². The molecule has 0 aromatic carbocycles. The van der Waals surface area contributed by atoms with Gasteiger partial charge in [-0.3, -0.25) is 4.68 Å². The molecular formula is C10H13BrN4S. The highest BCUT2D eigenvalue weighted by Crippen LogP contribution is 2.30. The van der Waals surface area contributed by atoms with Crippen LogP contribution in [0.3, 0.4) is 0 Å². The molecule has 86 valence electrons. The number of hydrogen-bond donors (Lipinski definition) is 1. The molecule has 2 heterocycles. The van der Waals surface area contributed by atoms with Crippen molar-refractivity contribution in [1.82, 2.24) is 20.3 Å². The summed E-state index contributed by atoms with van der Waals surface area (Å²) in [4.78, 5) is 1.30. The summed E-state index contributed by atoms with van der Waals surface area (Å²) >= 11 is 5.30. The van der Waals surface area contributed by atoms with Gasteiger partial charge in [0.2, 0.25) is 0 Å². The van der Waals surface area contributed by atoms with Crippen molar-refractivity contribution in [1.29, 1.82) is 0 Å². The molecule has 1 atom stereocenters. The van der Waals surface area contributed by atoms with Crippen LogP contribution < -0.4 is 5.32 Å². The van der Waals surface area contributed by atoms with Crippen molar-refractivity contribution in [2.24, 2.45) is 7.05 Å². The quantitative estimate of drug-likeness (QED) is 0.941. The van der Waals surface area contributed by atoms with E-state index in [1.807, 2.05) is 20.3 Å². The molecule has 2 rings (SSSR count). The lowest BCUT2D eigenvalue weighted by molar-refractivity contribution is 0.591. The van der Waals surface area contributed by atoms with Gasteiger partial charge in [-0.15, -0.1) is 16.4 Å². The van der Waals surface area contributed by atoms with Gasteiger partial charge in [-0.25, -0.2) is 0 Å². The summed E-state index contributed by atoms with van der Waals surface area (Å²) in [7, 11) is 3.85. The number of likely N-dealkylation sites (N-methyl/N-ethyl adjacent to an activating group) is 1. The number of thiophene rings is 1. The van der Waals surface area contributed by atoms with Gasteiger partial charge in [-0.05, 0) is 34.4 Å². The molecule has 0 saturated heterocycles. The standard InChI is InChI=1S/C10H13BrN4S/c1-12-9(10-8(11)3-4-16-10)5-7-6-15(2)14-13-7/h3-4,6,9,12H,5H2,1-2H3. The molecule has 2 aromatic heterocycles. The molecule has 16 heavy (non-hydrogen) atoms. The average molecular weight is 301 g/mol. The van der Waals surface area contributed by atoms with Gasteiger partial charge in [-0.2, -0.15) is 0 Å². The molecule has 0 aliphatic heterocycles. The van der Waals surface area contributed by atoms with Crippen LogP contribution in [0.4, 0.5) is 0 Å². The van der Waals surface area contributed by atoms with Crippen LogP contribution in [0.15, 0.2) is 22.1 Å². The highest BCUT2D eigenvalue weighted by atomic mass is 79.9. The lowest BCUT2D eigenvalue weighted by Gasteiger charge is -2.13. The maximum atomic E-state index is 4.11. The largest absolute Gasteiger partial charge is 0.312 e. The van der Waals surface area contributed by atoms with Gasteiger partial charge in [0.1, 0.15) is 0 Å². The Morgan fingerprint density at radius 3 is 2.94 bits per heavy atom. The lowest BCUT2D eigenvalue weighted by atomic mass is 10.1. The first-order valence-electron chi connectivity index (χ1n) is 4.96. The number of aryl methyl sites for hydroxylation is 1. The van der Waals surface area contributed by atoms with Gasteiger partial charge in [-0.1, -0.05) is 5.21 Å². The summed E-state index contributed by atoms with van der Waals surface area (Å²) < 4.78 is 2.88. The highest BCUT2D eigenvalue weighted by molar-refractivity contribution is 9.10. The van der Waals surface area contributed by atoms with E-state index in [9.17, 15) is 0 Å². The molecule has 1 N–H and O–H groups in total. The minimum absolute atomic E-state index is 0.283. The topological polar surface area (TPSA) is 42.7 Å². The minimum Gasteiger partial charge on any atom is -0.312 e. The number of aromatic nitrogens is 3. The Hall–Kier alpha value is -0.720. The molecular weight excluding hydrogens is 288 g/mol. The second kappa shape index (κ2) is 5.07. The molecule has 0 saturated carbocycles. The monoisotopic (exact) mass is 300 g/mol. The van der Waals surface area contributed by atoms with E-state index < -0.39 is 0 Å². The summed E-state index contributed by atoms with van der Waals surface area (Å²) in [6, 6.07) is 2.35. The summed E-state index contributed by atoms with van der Waals surface area (Å²) in [6.45, 7) is 0. The molecule has 4 nitrogen and oxygen atoms in total. The first kappa shape index (κ1) is 11.8. The first-order chi connectivity index (χ1) is 7.70. The summed E-state index contributed by atoms with van der Waals surface area (Å²) in [6.07, 6.45) is 2.80. The molecule has 0 fully saturated rings. The van der Waals surface area contributed by atoms with Crippen molar-refractivity contribution in [3.8, 4) is 0 Å². The zero-order valence-corrected chi connectivity index (χ0v) is 11.5. The van der Waals surface area contributed by atoms with Gasteiger partial charge in [0.25, 0.3) is 0 Å². The van der Waals surface area contributed by atoms with Crippen LogP contribution in [0, 0.1) is 0 Å². The van der Waals surface area contributed by atoms with Crippen LogP contribution in [-0.4, -0.2) is 22.0 Å². The Kier molecular flexibility index (Phi) is 3.73.